The first kappa shape index (κ1) is 44.2. The van der Waals surface area contributed by atoms with Gasteiger partial charge in [-0.05, 0) is 35.8 Å². The Morgan fingerprint density at radius 3 is 1.33 bits per heavy atom. The summed E-state index contributed by atoms with van der Waals surface area (Å²) < 4.78 is 137. The molecule has 20 heteroatoms. The van der Waals surface area contributed by atoms with E-state index in [-0.39, 0.29) is 22.5 Å². The first-order valence-corrected chi connectivity index (χ1v) is 11.7. The average molecular weight is 728 g/mol. The fourth-order valence-corrected chi connectivity index (χ4v) is 2.55. The molecular weight excluding hydrogens is 707 g/mol. The van der Waals surface area contributed by atoms with E-state index in [1.165, 1.54) is 0 Å². The van der Waals surface area contributed by atoms with Crippen LogP contribution in [0.3, 0.4) is 0 Å². The molecule has 0 unspecified atom stereocenters. The molecule has 2 aromatic rings. The molecule has 0 N–H and O–H groups in total. The Labute approximate surface area is 262 Å². The van der Waals surface area contributed by atoms with Gasteiger partial charge in [0.25, 0.3) is 17.6 Å². The van der Waals surface area contributed by atoms with Gasteiger partial charge in [-0.1, -0.05) is 36.4 Å². The minimum absolute atomic E-state index is 0. The second-order valence-electron chi connectivity index (χ2n) is 9.30. The number of benzene rings is 1. The van der Waals surface area contributed by atoms with E-state index in [0.29, 0.717) is 0 Å². The van der Waals surface area contributed by atoms with E-state index < -0.39 is 65.5 Å². The van der Waals surface area contributed by atoms with Gasteiger partial charge in [-0.2, -0.15) is 52.7 Å². The van der Waals surface area contributed by atoms with Crippen molar-refractivity contribution in [3.8, 4) is 0 Å². The SMILES string of the molecule is CC(C)(C)[N+](=O)[C@H](c1ccccc1)c1ccccn1.O=C(/C=C(\[O-])C(F)(F)F)C(F)(F)F.O=C(/C=C(\[O-])C(F)(F)F)C(F)(F)F.[Ni]. The fraction of sp³-hybridized carbons (Fsp3) is 0.346. The summed E-state index contributed by atoms with van der Waals surface area (Å²) in [5, 5.41) is 19.6. The van der Waals surface area contributed by atoms with Crippen LogP contribution in [0, 0.1) is 4.91 Å². The minimum Gasteiger partial charge on any atom is -0.869 e. The van der Waals surface area contributed by atoms with E-state index >= 15 is 0 Å². The van der Waals surface area contributed by atoms with Gasteiger partial charge in [0.1, 0.15) is 5.69 Å². The van der Waals surface area contributed by atoms with Crippen LogP contribution in [0.25, 0.3) is 0 Å². The molecule has 7 nitrogen and oxygen atoms in total. The first-order chi connectivity index (χ1) is 20.1. The third-order valence-corrected chi connectivity index (χ3v) is 4.62. The van der Waals surface area contributed by atoms with E-state index in [1.807, 2.05) is 69.3 Å². The van der Waals surface area contributed by atoms with Crippen molar-refractivity contribution < 1.29 is 93.7 Å². The smallest absolute Gasteiger partial charge is 0.454 e. The maximum atomic E-state index is 12.6. The maximum Gasteiger partial charge on any atom is 0.454 e. The predicted octanol–water partition coefficient (Wildman–Crippen LogP) is 5.59. The van der Waals surface area contributed by atoms with Gasteiger partial charge in [0.2, 0.25) is 5.54 Å². The van der Waals surface area contributed by atoms with Gasteiger partial charge < -0.3 is 10.2 Å². The van der Waals surface area contributed by atoms with E-state index in [0.717, 1.165) is 16.0 Å². The summed E-state index contributed by atoms with van der Waals surface area (Å²) in [4.78, 5) is 36.6. The van der Waals surface area contributed by atoms with Crippen molar-refractivity contribution >= 4 is 11.6 Å². The molecule has 0 saturated carbocycles. The zero-order chi connectivity index (χ0) is 35.6. The van der Waals surface area contributed by atoms with Gasteiger partial charge in [0, 0.05) is 58.7 Å². The van der Waals surface area contributed by atoms with E-state index in [2.05, 4.69) is 4.98 Å². The monoisotopic (exact) mass is 727 g/mol. The zero-order valence-corrected chi connectivity index (χ0v) is 24.2. The average Bonchev–Trinajstić information content (AvgIpc) is 2.88. The molecule has 2 rings (SSSR count). The van der Waals surface area contributed by atoms with Crippen LogP contribution in [-0.2, 0) is 26.1 Å². The number of alkyl halides is 12. The molecule has 0 fully saturated rings. The number of allylic oxidation sites excluding steroid dienone is 4. The molecule has 260 valence electrons. The van der Waals surface area contributed by atoms with Crippen LogP contribution in [0.2, 0.25) is 0 Å². The number of aromatic nitrogens is 1. The van der Waals surface area contributed by atoms with E-state index in [9.17, 15) is 77.4 Å². The standard InChI is InChI=1S/C16H19N2O.2C5H2F6O2.Ni/c1-16(2,3)18(19)15(13-9-5-4-6-10-13)14-11-7-8-12-17-14;2*6-4(7,8)2(12)1-3(13)5(9,10)11;/h4-12,15H,1-3H3;2*1,12H;/q+1;;;/p-2/b;2*2-1-;/t15-;;;/m1.../s1. The van der Waals surface area contributed by atoms with Gasteiger partial charge >= 0.3 is 24.7 Å². The second kappa shape index (κ2) is 17.1. The first-order valence-electron chi connectivity index (χ1n) is 11.7. The topological polar surface area (TPSA) is 113 Å². The summed E-state index contributed by atoms with van der Waals surface area (Å²) in [6.45, 7) is 5.75. The molecule has 0 bridgehead atoms. The van der Waals surface area contributed by atoms with Crippen LogP contribution in [-0.4, -0.2) is 51.6 Å². The largest absolute Gasteiger partial charge is 0.869 e. The molecule has 1 heterocycles. The van der Waals surface area contributed by atoms with E-state index in [1.54, 1.807) is 6.20 Å². The number of halogens is 12. The number of hydrogen-bond donors (Lipinski definition) is 0. The van der Waals surface area contributed by atoms with Crippen molar-refractivity contribution in [2.45, 2.75) is 57.1 Å². The summed E-state index contributed by atoms with van der Waals surface area (Å²) in [6.07, 6.45) is -22.2. The van der Waals surface area contributed by atoms with Gasteiger partial charge in [-0.15, -0.1) is 0 Å². The molecular formula is C26H21F12N2NiO5-. The van der Waals surface area contributed by atoms with Crippen LogP contribution in [0.4, 0.5) is 52.7 Å². The molecule has 1 aromatic heterocycles. The van der Waals surface area contributed by atoms with Gasteiger partial charge in [-0.25, -0.2) is 0 Å². The normalized spacial score (nSPS) is 13.5. The number of ketones is 2. The number of carbonyl (C=O) groups excluding carboxylic acids is 2. The van der Waals surface area contributed by atoms with Crippen LogP contribution in [0.15, 0.2) is 78.4 Å². The molecule has 0 radical (unpaired) electrons. The van der Waals surface area contributed by atoms with Crippen molar-refractivity contribution in [2.24, 2.45) is 0 Å². The number of nitrogens with zero attached hydrogens (tertiary/aromatic N) is 2. The van der Waals surface area contributed by atoms with Crippen molar-refractivity contribution in [3.05, 3.63) is 94.6 Å². The minimum atomic E-state index is -5.46. The molecule has 0 aliphatic rings. The molecule has 0 aliphatic heterocycles. The molecule has 1 atom stereocenters. The van der Waals surface area contributed by atoms with Crippen LogP contribution >= 0.6 is 0 Å². The number of pyridine rings is 1. The van der Waals surface area contributed by atoms with E-state index in [4.69, 9.17) is 0 Å². The van der Waals surface area contributed by atoms with Crippen LogP contribution in [0.5, 0.6) is 0 Å². The zero-order valence-electron chi connectivity index (χ0n) is 23.2. The molecule has 1 aromatic carbocycles. The molecule has 0 saturated heterocycles. The van der Waals surface area contributed by atoms with Crippen LogP contribution in [0.1, 0.15) is 38.1 Å². The number of carbonyl (C=O) groups is 2. The summed E-state index contributed by atoms with van der Waals surface area (Å²) in [5.41, 5.74) is 1.27. The Bertz CT molecular complexity index is 1260. The third kappa shape index (κ3) is 15.9. The Hall–Kier alpha value is -3.96. The molecule has 0 spiro atoms. The summed E-state index contributed by atoms with van der Waals surface area (Å²) in [5.74, 6) is -11.3. The Morgan fingerprint density at radius 2 is 1.04 bits per heavy atom. The molecule has 0 aliphatic carbocycles. The van der Waals surface area contributed by atoms with Gasteiger partial charge in [0.05, 0.1) is 0 Å². The predicted molar refractivity (Wildman–Crippen MR) is 126 cm³/mol. The third-order valence-electron chi connectivity index (χ3n) is 4.62. The molecule has 46 heavy (non-hydrogen) atoms. The summed E-state index contributed by atoms with van der Waals surface area (Å²) in [7, 11) is 0. The van der Waals surface area contributed by atoms with Gasteiger partial charge in [0.15, 0.2) is 0 Å². The maximum absolute atomic E-state index is 12.6. The van der Waals surface area contributed by atoms with Crippen molar-refractivity contribution in [2.75, 3.05) is 0 Å². The Balaban J connectivity index is 0. The van der Waals surface area contributed by atoms with Crippen molar-refractivity contribution in [1.29, 1.82) is 0 Å². The molecule has 0 amide bonds. The number of hydrogen-bond acceptors (Lipinski definition) is 6. The second-order valence-corrected chi connectivity index (χ2v) is 9.30. The van der Waals surface area contributed by atoms with Crippen molar-refractivity contribution in [1.82, 2.24) is 4.98 Å². The quantitative estimate of drug-likeness (QED) is 0.131. The summed E-state index contributed by atoms with van der Waals surface area (Å²) in [6, 6.07) is 15.1. The fourth-order valence-electron chi connectivity index (χ4n) is 2.55. The van der Waals surface area contributed by atoms with Crippen LogP contribution < -0.4 is 10.2 Å². The van der Waals surface area contributed by atoms with Crippen molar-refractivity contribution in [3.63, 3.8) is 0 Å². The Kier molecular flexibility index (Phi) is 16.4. The van der Waals surface area contributed by atoms with Gasteiger partial charge in [-0.3, -0.25) is 14.6 Å². The number of nitroso groups, excluding NO2 is 1. The Morgan fingerprint density at radius 1 is 0.674 bits per heavy atom. The summed E-state index contributed by atoms with van der Waals surface area (Å²) >= 11 is 0. The number of rotatable bonds is 5.